The summed E-state index contributed by atoms with van der Waals surface area (Å²) in [7, 11) is 0. The number of β-amino-alcohol motifs (C(OH)–C–C–N with tert-alkyl or cyclic N) is 1. The lowest BCUT2D eigenvalue weighted by atomic mass is 9.58. The molecule has 0 bridgehead atoms. The van der Waals surface area contributed by atoms with E-state index in [0.717, 1.165) is 61.5 Å². The van der Waals surface area contributed by atoms with Crippen molar-refractivity contribution in [2.75, 3.05) is 44.2 Å². The van der Waals surface area contributed by atoms with Crippen LogP contribution < -0.4 is 4.90 Å². The Bertz CT molecular complexity index is 1350. The number of nitrogens with zero attached hydrogens (tertiary/aromatic N) is 3. The Labute approximate surface area is 230 Å². The van der Waals surface area contributed by atoms with Crippen LogP contribution in [0.3, 0.4) is 0 Å². The number of rotatable bonds is 9. The first-order valence-corrected chi connectivity index (χ1v) is 14.0. The highest BCUT2D eigenvalue weighted by Gasteiger charge is 2.45. The maximum Gasteiger partial charge on any atom is 0.153 e. The number of hydrogen-bond donors (Lipinski definition) is 1. The summed E-state index contributed by atoms with van der Waals surface area (Å²) in [5, 5.41) is 16.4. The topological polar surface area (TPSA) is 61.4 Å². The van der Waals surface area contributed by atoms with Gasteiger partial charge >= 0.3 is 0 Å². The van der Waals surface area contributed by atoms with E-state index in [-0.39, 0.29) is 17.9 Å². The number of hydrogen-bond acceptors (Lipinski definition) is 6. The van der Waals surface area contributed by atoms with Crippen LogP contribution in [0.25, 0.3) is 11.0 Å². The number of anilines is 1. The molecule has 2 fully saturated rings. The number of furan rings is 1. The van der Waals surface area contributed by atoms with Crippen LogP contribution in [0, 0.1) is 5.92 Å². The molecule has 3 aromatic carbocycles. The summed E-state index contributed by atoms with van der Waals surface area (Å²) >= 11 is 0. The van der Waals surface area contributed by atoms with Crippen molar-refractivity contribution in [1.29, 1.82) is 0 Å². The van der Waals surface area contributed by atoms with Crippen LogP contribution >= 0.6 is 0 Å². The van der Waals surface area contributed by atoms with Crippen LogP contribution in [0.15, 0.2) is 101 Å². The van der Waals surface area contributed by atoms with Crippen LogP contribution in [0.5, 0.6) is 0 Å². The van der Waals surface area contributed by atoms with E-state index < -0.39 is 6.10 Å². The Morgan fingerprint density at radius 2 is 1.62 bits per heavy atom. The first kappa shape index (κ1) is 25.7. The molecule has 2 heterocycles. The van der Waals surface area contributed by atoms with Crippen molar-refractivity contribution >= 4 is 22.4 Å². The predicted molar refractivity (Wildman–Crippen MR) is 156 cm³/mol. The molecular formula is C33H37N3O3. The molecule has 1 saturated heterocycles. The molecule has 6 heteroatoms. The van der Waals surface area contributed by atoms with E-state index in [1.165, 1.54) is 11.3 Å². The van der Waals surface area contributed by atoms with Gasteiger partial charge in [-0.1, -0.05) is 78.8 Å². The molecule has 1 N–H and O–H groups in total. The van der Waals surface area contributed by atoms with Crippen LogP contribution in [-0.2, 0) is 10.3 Å². The highest BCUT2D eigenvalue weighted by molar-refractivity contribution is 6.03. The summed E-state index contributed by atoms with van der Waals surface area (Å²) in [4.78, 5) is 10.5. The van der Waals surface area contributed by atoms with E-state index in [1.54, 1.807) is 0 Å². The monoisotopic (exact) mass is 523 g/mol. The van der Waals surface area contributed by atoms with Crippen LogP contribution in [0.2, 0.25) is 0 Å². The van der Waals surface area contributed by atoms with Gasteiger partial charge in [-0.25, -0.2) is 0 Å². The van der Waals surface area contributed by atoms with Gasteiger partial charge in [0.15, 0.2) is 5.76 Å². The summed E-state index contributed by atoms with van der Waals surface area (Å²) < 4.78 is 6.20. The Kier molecular flexibility index (Phi) is 7.40. The van der Waals surface area contributed by atoms with Gasteiger partial charge in [0.2, 0.25) is 0 Å². The van der Waals surface area contributed by atoms with Crippen molar-refractivity contribution in [2.24, 2.45) is 11.1 Å². The molecule has 0 spiro atoms. The molecule has 1 aliphatic carbocycles. The van der Waals surface area contributed by atoms with Crippen molar-refractivity contribution in [1.82, 2.24) is 4.90 Å². The molecule has 2 aliphatic rings. The third-order valence-electron chi connectivity index (χ3n) is 8.32. The Morgan fingerprint density at radius 1 is 0.949 bits per heavy atom. The van der Waals surface area contributed by atoms with Gasteiger partial charge < -0.3 is 19.3 Å². The highest BCUT2D eigenvalue weighted by Crippen LogP contribution is 2.49. The van der Waals surface area contributed by atoms with Gasteiger partial charge in [0.1, 0.15) is 24.0 Å². The van der Waals surface area contributed by atoms with E-state index >= 15 is 0 Å². The Morgan fingerprint density at radius 3 is 2.33 bits per heavy atom. The molecule has 1 atom stereocenters. The Balaban J connectivity index is 1.08. The molecule has 1 saturated carbocycles. The fraction of sp³-hybridized carbons (Fsp3) is 0.364. The predicted octanol–water partition coefficient (Wildman–Crippen LogP) is 5.70. The molecule has 39 heavy (non-hydrogen) atoms. The number of fused-ring (bicyclic) bond motifs is 1. The zero-order valence-electron chi connectivity index (χ0n) is 22.6. The SMILES string of the molecule is CC1(c2ccccc2)CC(C(=NOC[C@@H](O)CN2CCN(c3ccccc3)CC2)c2cc3ccccc3o2)C1. The van der Waals surface area contributed by atoms with E-state index in [4.69, 9.17) is 9.25 Å². The minimum Gasteiger partial charge on any atom is -0.455 e. The molecule has 6 rings (SSSR count). The van der Waals surface area contributed by atoms with E-state index in [1.807, 2.05) is 24.3 Å². The van der Waals surface area contributed by atoms with Crippen LogP contribution in [0.4, 0.5) is 5.69 Å². The first-order chi connectivity index (χ1) is 19.1. The van der Waals surface area contributed by atoms with Gasteiger partial charge in [-0.15, -0.1) is 0 Å². The lowest BCUT2D eigenvalue weighted by Crippen LogP contribution is -2.49. The van der Waals surface area contributed by atoms with Crippen molar-refractivity contribution < 1.29 is 14.4 Å². The van der Waals surface area contributed by atoms with E-state index in [0.29, 0.717) is 6.54 Å². The maximum atomic E-state index is 10.8. The molecule has 4 aromatic rings. The minimum absolute atomic E-state index is 0.111. The van der Waals surface area contributed by atoms with Crippen molar-refractivity contribution in [3.63, 3.8) is 0 Å². The van der Waals surface area contributed by atoms with Gasteiger partial charge in [-0.3, -0.25) is 4.90 Å². The highest BCUT2D eigenvalue weighted by atomic mass is 16.6. The summed E-state index contributed by atoms with van der Waals surface area (Å²) in [5.41, 5.74) is 4.41. The number of piperazine rings is 1. The lowest BCUT2D eigenvalue weighted by molar-refractivity contribution is 0.0169. The third kappa shape index (κ3) is 5.72. The second-order valence-corrected chi connectivity index (χ2v) is 11.2. The average molecular weight is 524 g/mol. The summed E-state index contributed by atoms with van der Waals surface area (Å²) in [5.74, 6) is 0.988. The molecule has 0 amide bonds. The summed E-state index contributed by atoms with van der Waals surface area (Å²) in [6, 6.07) is 31.3. The van der Waals surface area contributed by atoms with Crippen molar-refractivity contribution in [3.8, 4) is 0 Å². The third-order valence-corrected chi connectivity index (χ3v) is 8.32. The summed E-state index contributed by atoms with van der Waals surface area (Å²) in [6.07, 6.45) is 1.35. The number of oxime groups is 1. The van der Waals surface area contributed by atoms with Gasteiger partial charge in [0.05, 0.1) is 0 Å². The maximum absolute atomic E-state index is 10.8. The quantitative estimate of drug-likeness (QED) is 0.225. The van der Waals surface area contributed by atoms with E-state index in [2.05, 4.69) is 88.6 Å². The van der Waals surface area contributed by atoms with Crippen LogP contribution in [-0.4, -0.2) is 61.2 Å². The average Bonchev–Trinajstić information content (AvgIpc) is 3.39. The van der Waals surface area contributed by atoms with Crippen molar-refractivity contribution in [3.05, 3.63) is 102 Å². The zero-order chi connectivity index (χ0) is 26.7. The second-order valence-electron chi connectivity index (χ2n) is 11.2. The normalized spacial score (nSPS) is 23.0. The lowest BCUT2D eigenvalue weighted by Gasteiger charge is -2.45. The molecular weight excluding hydrogens is 486 g/mol. The standard InChI is InChI=1S/C33H37N3O3/c1-33(27-11-4-2-5-12-27)21-26(22-33)32(31-20-25-10-8-9-15-30(25)39-31)34-38-24-29(37)23-35-16-18-36(19-17-35)28-13-6-3-7-14-28/h2-15,20,26,29,37H,16-19,21-24H2,1H3/t26?,29-,33?/m0/s1. The molecule has 0 radical (unpaired) electrons. The molecule has 6 nitrogen and oxygen atoms in total. The number of aliphatic hydroxyl groups excluding tert-OH is 1. The number of benzene rings is 3. The smallest absolute Gasteiger partial charge is 0.153 e. The molecule has 0 unspecified atom stereocenters. The molecule has 1 aliphatic heterocycles. The largest absolute Gasteiger partial charge is 0.455 e. The second kappa shape index (κ2) is 11.2. The van der Waals surface area contributed by atoms with Gasteiger partial charge in [0, 0.05) is 49.7 Å². The fourth-order valence-corrected chi connectivity index (χ4v) is 6.10. The van der Waals surface area contributed by atoms with E-state index in [9.17, 15) is 5.11 Å². The van der Waals surface area contributed by atoms with Gasteiger partial charge in [-0.2, -0.15) is 0 Å². The Hall–Kier alpha value is -3.61. The summed E-state index contributed by atoms with van der Waals surface area (Å²) in [6.45, 7) is 6.79. The number of aliphatic hydroxyl groups is 1. The fourth-order valence-electron chi connectivity index (χ4n) is 6.10. The first-order valence-electron chi connectivity index (χ1n) is 14.0. The zero-order valence-corrected chi connectivity index (χ0v) is 22.6. The number of para-hydroxylation sites is 2. The van der Waals surface area contributed by atoms with Crippen LogP contribution in [0.1, 0.15) is 31.1 Å². The van der Waals surface area contributed by atoms with Gasteiger partial charge in [0.25, 0.3) is 0 Å². The molecule has 1 aromatic heterocycles. The van der Waals surface area contributed by atoms with Gasteiger partial charge in [-0.05, 0) is 48.1 Å². The molecule has 202 valence electrons. The minimum atomic E-state index is -0.607. The van der Waals surface area contributed by atoms with Crippen molar-refractivity contribution in [2.45, 2.75) is 31.3 Å².